The number of hydrogen-bond acceptors (Lipinski definition) is 3. The molecular weight excluding hydrogens is 206 g/mol. The Morgan fingerprint density at radius 1 is 1.38 bits per heavy atom. The fourth-order valence-corrected chi connectivity index (χ4v) is 2.22. The molecule has 0 aromatic heterocycles. The summed E-state index contributed by atoms with van der Waals surface area (Å²) < 4.78 is 0. The Bertz CT molecular complexity index is 215. The van der Waals surface area contributed by atoms with E-state index in [1.807, 2.05) is 0 Å². The summed E-state index contributed by atoms with van der Waals surface area (Å²) in [6.07, 6.45) is 6.61. The Morgan fingerprint density at radius 3 is 2.62 bits per heavy atom. The SMILES string of the molecule is CCCCC(CN1CCCCC1)/[N+]([O-])=N/O. The molecule has 16 heavy (non-hydrogen) atoms. The van der Waals surface area contributed by atoms with Gasteiger partial charge in [0.25, 0.3) is 0 Å². The van der Waals surface area contributed by atoms with Crippen LogP contribution >= 0.6 is 0 Å². The average Bonchev–Trinajstić information content (AvgIpc) is 2.34. The summed E-state index contributed by atoms with van der Waals surface area (Å²) in [6.45, 7) is 4.97. The second-order valence-corrected chi connectivity index (χ2v) is 4.55. The molecule has 1 N–H and O–H groups in total. The Hall–Kier alpha value is -0.840. The van der Waals surface area contributed by atoms with Crippen molar-refractivity contribution in [2.75, 3.05) is 19.6 Å². The topological polar surface area (TPSA) is 61.9 Å². The molecule has 1 unspecified atom stereocenters. The fraction of sp³-hybridized carbons (Fsp3) is 1.00. The van der Waals surface area contributed by atoms with Crippen molar-refractivity contribution < 1.29 is 10.1 Å². The molecule has 1 fully saturated rings. The van der Waals surface area contributed by atoms with Gasteiger partial charge < -0.3 is 10.4 Å². The summed E-state index contributed by atoms with van der Waals surface area (Å²) in [7, 11) is 0. The largest absolute Gasteiger partial charge is 0.597 e. The molecule has 0 aliphatic carbocycles. The molecule has 1 atom stereocenters. The molecule has 0 saturated carbocycles. The van der Waals surface area contributed by atoms with Crippen LogP contribution in [0.3, 0.4) is 0 Å². The van der Waals surface area contributed by atoms with Crippen molar-refractivity contribution in [3.63, 3.8) is 0 Å². The fourth-order valence-electron chi connectivity index (χ4n) is 2.22. The predicted molar refractivity (Wildman–Crippen MR) is 61.4 cm³/mol. The van der Waals surface area contributed by atoms with E-state index in [4.69, 9.17) is 5.21 Å². The van der Waals surface area contributed by atoms with Crippen LogP contribution in [0, 0.1) is 5.21 Å². The van der Waals surface area contributed by atoms with E-state index < -0.39 is 0 Å². The zero-order valence-corrected chi connectivity index (χ0v) is 10.1. The third kappa shape index (κ3) is 4.35. The maximum atomic E-state index is 11.4. The number of unbranched alkanes of at least 4 members (excludes halogenated alkanes) is 1. The minimum atomic E-state index is -0.192. The van der Waals surface area contributed by atoms with Crippen molar-refractivity contribution in [3.8, 4) is 0 Å². The molecule has 1 rings (SSSR count). The van der Waals surface area contributed by atoms with Crippen molar-refractivity contribution in [2.24, 2.45) is 5.28 Å². The first-order chi connectivity index (χ1) is 7.77. The molecule has 0 radical (unpaired) electrons. The summed E-state index contributed by atoms with van der Waals surface area (Å²) in [5.41, 5.74) is 0. The molecule has 5 nitrogen and oxygen atoms in total. The van der Waals surface area contributed by atoms with Crippen LogP contribution in [-0.2, 0) is 0 Å². The van der Waals surface area contributed by atoms with Crippen LogP contribution in [0.4, 0.5) is 0 Å². The van der Waals surface area contributed by atoms with Gasteiger partial charge in [-0.05, 0) is 32.4 Å². The average molecular weight is 229 g/mol. The maximum Gasteiger partial charge on any atom is 0.206 e. The Balaban J connectivity index is 2.41. The van der Waals surface area contributed by atoms with Crippen molar-refractivity contribution in [1.82, 2.24) is 4.90 Å². The molecular formula is C11H23N3O2. The van der Waals surface area contributed by atoms with E-state index in [-0.39, 0.29) is 6.04 Å². The zero-order chi connectivity index (χ0) is 11.8. The zero-order valence-electron chi connectivity index (χ0n) is 10.1. The molecule has 1 heterocycles. The van der Waals surface area contributed by atoms with Gasteiger partial charge in [0.1, 0.15) is 0 Å². The van der Waals surface area contributed by atoms with Gasteiger partial charge in [0, 0.05) is 6.42 Å². The normalized spacial score (nSPS) is 20.9. The van der Waals surface area contributed by atoms with Crippen LogP contribution in [-0.4, -0.2) is 40.6 Å². The summed E-state index contributed by atoms with van der Waals surface area (Å²) in [4.78, 5) is 2.77. The molecule has 0 bridgehead atoms. The third-order valence-electron chi connectivity index (χ3n) is 3.21. The van der Waals surface area contributed by atoms with Gasteiger partial charge in [0.15, 0.2) is 5.28 Å². The molecule has 1 aliphatic heterocycles. The van der Waals surface area contributed by atoms with E-state index in [1.54, 1.807) is 0 Å². The van der Waals surface area contributed by atoms with E-state index in [0.717, 1.165) is 38.9 Å². The highest BCUT2D eigenvalue weighted by molar-refractivity contribution is 4.69. The van der Waals surface area contributed by atoms with Crippen LogP contribution in [0.1, 0.15) is 45.4 Å². The number of rotatable bonds is 6. The van der Waals surface area contributed by atoms with Gasteiger partial charge in [0.05, 0.1) is 6.54 Å². The highest BCUT2D eigenvalue weighted by atomic mass is 16.6. The molecule has 94 valence electrons. The van der Waals surface area contributed by atoms with Gasteiger partial charge >= 0.3 is 0 Å². The lowest BCUT2D eigenvalue weighted by atomic mass is 10.1. The summed E-state index contributed by atoms with van der Waals surface area (Å²) in [5, 5.41) is 22.7. The monoisotopic (exact) mass is 229 g/mol. The summed E-state index contributed by atoms with van der Waals surface area (Å²) in [5.74, 6) is 0. The lowest BCUT2D eigenvalue weighted by molar-refractivity contribution is -0.592. The summed E-state index contributed by atoms with van der Waals surface area (Å²) >= 11 is 0. The van der Waals surface area contributed by atoms with E-state index in [0.29, 0.717) is 4.86 Å². The van der Waals surface area contributed by atoms with Gasteiger partial charge in [-0.25, -0.2) is 0 Å². The van der Waals surface area contributed by atoms with Crippen LogP contribution < -0.4 is 0 Å². The molecule has 5 heteroatoms. The second-order valence-electron chi connectivity index (χ2n) is 4.55. The van der Waals surface area contributed by atoms with Crippen molar-refractivity contribution in [1.29, 1.82) is 0 Å². The standard InChI is InChI=1S/C11H23N3O2/c1-2-3-7-11(14(16)12-15)10-13-8-5-4-6-9-13/h11,15H,2-10H2,1H3/b14-12-. The summed E-state index contributed by atoms with van der Waals surface area (Å²) in [6, 6.07) is -0.192. The van der Waals surface area contributed by atoms with Crippen molar-refractivity contribution in [2.45, 2.75) is 51.5 Å². The van der Waals surface area contributed by atoms with Gasteiger partial charge in [-0.3, -0.25) is 4.90 Å². The molecule has 0 aromatic carbocycles. The number of piperidine rings is 1. The Kier molecular flexibility index (Phi) is 6.15. The highest BCUT2D eigenvalue weighted by Gasteiger charge is 2.22. The quantitative estimate of drug-likeness (QED) is 0.432. The van der Waals surface area contributed by atoms with Gasteiger partial charge in [-0.1, -0.05) is 24.6 Å². The van der Waals surface area contributed by atoms with Gasteiger partial charge in [-0.2, -0.15) is 0 Å². The predicted octanol–water partition coefficient (Wildman–Crippen LogP) is 2.38. The molecule has 0 aromatic rings. The molecule has 1 aliphatic rings. The van der Waals surface area contributed by atoms with Crippen LogP contribution in [0.2, 0.25) is 0 Å². The minimum Gasteiger partial charge on any atom is -0.597 e. The lowest BCUT2D eigenvalue weighted by Gasteiger charge is -2.28. The Labute approximate surface area is 97.3 Å². The molecule has 0 spiro atoms. The first kappa shape index (κ1) is 13.2. The number of nitrogens with zero attached hydrogens (tertiary/aromatic N) is 3. The van der Waals surface area contributed by atoms with Crippen LogP contribution in [0.25, 0.3) is 0 Å². The number of hydrogen-bond donors (Lipinski definition) is 1. The lowest BCUT2D eigenvalue weighted by Crippen LogP contribution is -2.39. The third-order valence-corrected chi connectivity index (χ3v) is 3.21. The molecule has 0 amide bonds. The van der Waals surface area contributed by atoms with Crippen LogP contribution in [0.5, 0.6) is 0 Å². The van der Waals surface area contributed by atoms with Crippen molar-refractivity contribution >= 4 is 0 Å². The minimum absolute atomic E-state index is 0.192. The van der Waals surface area contributed by atoms with Crippen molar-refractivity contribution in [3.05, 3.63) is 5.21 Å². The molecule has 1 saturated heterocycles. The first-order valence-corrected chi connectivity index (χ1v) is 6.31. The Morgan fingerprint density at radius 2 is 2.06 bits per heavy atom. The van der Waals surface area contributed by atoms with E-state index in [9.17, 15) is 5.21 Å². The highest BCUT2D eigenvalue weighted by Crippen LogP contribution is 2.12. The van der Waals surface area contributed by atoms with E-state index >= 15 is 0 Å². The van der Waals surface area contributed by atoms with Crippen LogP contribution in [0.15, 0.2) is 5.28 Å². The second kappa shape index (κ2) is 7.44. The van der Waals surface area contributed by atoms with Gasteiger partial charge in [-0.15, -0.1) is 0 Å². The first-order valence-electron chi connectivity index (χ1n) is 6.31. The van der Waals surface area contributed by atoms with E-state index in [1.165, 1.54) is 19.3 Å². The number of hydroxylamine groups is 1. The van der Waals surface area contributed by atoms with E-state index in [2.05, 4.69) is 17.1 Å². The maximum absolute atomic E-state index is 11.4. The van der Waals surface area contributed by atoms with Gasteiger partial charge in [0.2, 0.25) is 6.04 Å². The smallest absolute Gasteiger partial charge is 0.206 e. The number of likely N-dealkylation sites (tertiary alicyclic amines) is 1.